The van der Waals surface area contributed by atoms with E-state index in [2.05, 4.69) is 24.3 Å². The third-order valence-corrected chi connectivity index (χ3v) is 6.41. The molecular formula is C15H16OS. The molecule has 17 heavy (non-hydrogen) atoms. The van der Waals surface area contributed by atoms with Gasteiger partial charge in [0.1, 0.15) is 5.78 Å². The summed E-state index contributed by atoms with van der Waals surface area (Å²) >= 11 is 1.91. The number of carbonyl (C=O) groups excluding carboxylic acids is 1. The van der Waals surface area contributed by atoms with Gasteiger partial charge >= 0.3 is 0 Å². The molecule has 0 amide bonds. The fraction of sp³-hybridized carbons (Fsp3) is 0.533. The van der Waals surface area contributed by atoms with E-state index in [1.54, 1.807) is 0 Å². The second-order valence-corrected chi connectivity index (χ2v) is 6.82. The minimum Gasteiger partial charge on any atom is -0.299 e. The van der Waals surface area contributed by atoms with E-state index in [-0.39, 0.29) is 5.41 Å². The highest BCUT2D eigenvalue weighted by Crippen LogP contribution is 2.58. The van der Waals surface area contributed by atoms with E-state index in [4.69, 9.17) is 0 Å². The van der Waals surface area contributed by atoms with Gasteiger partial charge in [-0.15, -0.1) is 11.8 Å². The van der Waals surface area contributed by atoms with Crippen molar-refractivity contribution in [1.82, 2.24) is 0 Å². The van der Waals surface area contributed by atoms with Crippen LogP contribution >= 0.6 is 11.8 Å². The van der Waals surface area contributed by atoms with Crippen molar-refractivity contribution in [3.63, 3.8) is 0 Å². The van der Waals surface area contributed by atoms with Gasteiger partial charge in [0.05, 0.1) is 0 Å². The summed E-state index contributed by atoms with van der Waals surface area (Å²) in [6, 6.07) is 8.62. The Morgan fingerprint density at radius 2 is 2.12 bits per heavy atom. The summed E-state index contributed by atoms with van der Waals surface area (Å²) < 4.78 is 0. The summed E-state index contributed by atoms with van der Waals surface area (Å²) in [5.74, 6) is 2.71. The first kappa shape index (κ1) is 10.2. The van der Waals surface area contributed by atoms with Crippen LogP contribution < -0.4 is 0 Å². The summed E-state index contributed by atoms with van der Waals surface area (Å²) in [7, 11) is 0. The maximum absolute atomic E-state index is 12.5. The van der Waals surface area contributed by atoms with Crippen LogP contribution in [-0.2, 0) is 11.2 Å². The average Bonchev–Trinajstić information content (AvgIpc) is 2.94. The lowest BCUT2D eigenvalue weighted by Gasteiger charge is -2.39. The van der Waals surface area contributed by atoms with E-state index in [1.165, 1.54) is 23.3 Å². The van der Waals surface area contributed by atoms with Gasteiger partial charge in [-0.2, -0.15) is 0 Å². The van der Waals surface area contributed by atoms with Gasteiger partial charge in [0, 0.05) is 22.0 Å². The van der Waals surface area contributed by atoms with Crippen molar-refractivity contribution in [2.45, 2.75) is 30.6 Å². The number of fused-ring (bicyclic) bond motifs is 4. The van der Waals surface area contributed by atoms with Gasteiger partial charge in [0.25, 0.3) is 0 Å². The molecule has 2 bridgehead atoms. The third kappa shape index (κ3) is 1.25. The molecule has 0 aromatic heterocycles. The predicted molar refractivity (Wildman–Crippen MR) is 69.1 cm³/mol. The molecule has 0 radical (unpaired) electrons. The highest BCUT2D eigenvalue weighted by molar-refractivity contribution is 7.99. The lowest BCUT2D eigenvalue weighted by Crippen LogP contribution is -2.42. The normalized spacial score (nSPS) is 38.7. The highest BCUT2D eigenvalue weighted by Gasteiger charge is 2.58. The molecule has 2 aliphatic carbocycles. The molecule has 2 heteroatoms. The SMILES string of the molecule is O=C1C2CCC(C2)C12CSc1ccccc1C2. The number of benzene rings is 1. The molecule has 0 saturated heterocycles. The van der Waals surface area contributed by atoms with E-state index >= 15 is 0 Å². The largest absolute Gasteiger partial charge is 0.299 e. The molecule has 0 N–H and O–H groups in total. The van der Waals surface area contributed by atoms with Crippen molar-refractivity contribution in [1.29, 1.82) is 0 Å². The molecule has 1 heterocycles. The molecule has 2 fully saturated rings. The quantitative estimate of drug-likeness (QED) is 0.696. The minimum absolute atomic E-state index is 0.0158. The van der Waals surface area contributed by atoms with Crippen LogP contribution in [0.1, 0.15) is 24.8 Å². The van der Waals surface area contributed by atoms with Crippen molar-refractivity contribution >= 4 is 17.5 Å². The molecule has 3 unspecified atom stereocenters. The van der Waals surface area contributed by atoms with Crippen molar-refractivity contribution in [3.05, 3.63) is 29.8 Å². The molecule has 3 aliphatic rings. The third-order valence-electron chi connectivity index (χ3n) is 5.04. The number of rotatable bonds is 0. The van der Waals surface area contributed by atoms with Gasteiger partial charge in [-0.3, -0.25) is 4.79 Å². The van der Waals surface area contributed by atoms with E-state index in [0.717, 1.165) is 18.6 Å². The van der Waals surface area contributed by atoms with Crippen LogP contribution in [-0.4, -0.2) is 11.5 Å². The van der Waals surface area contributed by atoms with Gasteiger partial charge in [0.2, 0.25) is 0 Å². The lowest BCUT2D eigenvalue weighted by molar-refractivity contribution is -0.131. The molecule has 4 rings (SSSR count). The average molecular weight is 244 g/mol. The van der Waals surface area contributed by atoms with Gasteiger partial charge in [-0.1, -0.05) is 18.2 Å². The first-order valence-electron chi connectivity index (χ1n) is 6.55. The molecule has 1 aliphatic heterocycles. The zero-order valence-corrected chi connectivity index (χ0v) is 10.6. The number of hydrogen-bond donors (Lipinski definition) is 0. The van der Waals surface area contributed by atoms with Gasteiger partial charge < -0.3 is 0 Å². The molecule has 1 aromatic rings. The second-order valence-electron chi connectivity index (χ2n) is 5.80. The Hall–Kier alpha value is -0.760. The summed E-state index contributed by atoms with van der Waals surface area (Å²) in [6.45, 7) is 0. The Morgan fingerprint density at radius 1 is 1.24 bits per heavy atom. The van der Waals surface area contributed by atoms with Gasteiger partial charge in [-0.25, -0.2) is 0 Å². The van der Waals surface area contributed by atoms with Crippen LogP contribution in [0.25, 0.3) is 0 Å². The molecule has 88 valence electrons. The smallest absolute Gasteiger partial charge is 0.143 e. The summed E-state index contributed by atoms with van der Waals surface area (Å²) in [5.41, 5.74) is 1.42. The van der Waals surface area contributed by atoms with Gasteiger partial charge in [0.15, 0.2) is 0 Å². The Morgan fingerprint density at radius 3 is 2.94 bits per heavy atom. The second kappa shape index (κ2) is 3.38. The van der Waals surface area contributed by atoms with Crippen LogP contribution in [0.2, 0.25) is 0 Å². The molecule has 1 nitrogen and oxygen atoms in total. The molecule has 1 spiro atoms. The fourth-order valence-electron chi connectivity index (χ4n) is 4.14. The monoisotopic (exact) mass is 244 g/mol. The van der Waals surface area contributed by atoms with Crippen LogP contribution in [0.15, 0.2) is 29.2 Å². The standard InChI is InChI=1S/C15H16OS/c16-14-10-5-6-12(7-10)15(14)8-11-3-1-2-4-13(11)17-9-15/h1-4,10,12H,5-9H2. The highest BCUT2D eigenvalue weighted by atomic mass is 32.2. The number of Topliss-reactive ketones (excluding diaryl/α,β-unsaturated/α-hetero) is 1. The Bertz CT molecular complexity index is 495. The van der Waals surface area contributed by atoms with Crippen molar-refractivity contribution in [3.8, 4) is 0 Å². The first-order valence-corrected chi connectivity index (χ1v) is 7.53. The molecule has 2 saturated carbocycles. The number of carbonyl (C=O) groups is 1. The van der Waals surface area contributed by atoms with Crippen LogP contribution in [0.5, 0.6) is 0 Å². The first-order chi connectivity index (χ1) is 8.29. The zero-order valence-electron chi connectivity index (χ0n) is 9.82. The Kier molecular flexibility index (Phi) is 2.03. The number of ketones is 1. The van der Waals surface area contributed by atoms with E-state index in [9.17, 15) is 4.79 Å². The Labute approximate surface area is 106 Å². The van der Waals surface area contributed by atoms with Crippen molar-refractivity contribution in [2.24, 2.45) is 17.3 Å². The van der Waals surface area contributed by atoms with Crippen molar-refractivity contribution in [2.75, 3.05) is 5.75 Å². The molecule has 1 aromatic carbocycles. The minimum atomic E-state index is 0.0158. The van der Waals surface area contributed by atoms with Crippen LogP contribution in [0.4, 0.5) is 0 Å². The zero-order chi connectivity index (χ0) is 11.5. The molecular weight excluding hydrogens is 228 g/mol. The van der Waals surface area contributed by atoms with E-state index < -0.39 is 0 Å². The fourth-order valence-corrected chi connectivity index (χ4v) is 5.53. The maximum atomic E-state index is 12.5. The predicted octanol–water partition coefficient (Wildman–Crippen LogP) is 3.32. The summed E-state index contributed by atoms with van der Waals surface area (Å²) in [4.78, 5) is 13.9. The van der Waals surface area contributed by atoms with Crippen LogP contribution in [0.3, 0.4) is 0 Å². The van der Waals surface area contributed by atoms with Crippen LogP contribution in [0, 0.1) is 17.3 Å². The number of hydrogen-bond acceptors (Lipinski definition) is 2. The van der Waals surface area contributed by atoms with Gasteiger partial charge in [-0.05, 0) is 43.2 Å². The van der Waals surface area contributed by atoms with E-state index in [0.29, 0.717) is 17.6 Å². The topological polar surface area (TPSA) is 17.1 Å². The summed E-state index contributed by atoms with van der Waals surface area (Å²) in [6.07, 6.45) is 4.65. The number of thioether (sulfide) groups is 1. The summed E-state index contributed by atoms with van der Waals surface area (Å²) in [5, 5.41) is 0. The maximum Gasteiger partial charge on any atom is 0.143 e. The van der Waals surface area contributed by atoms with E-state index in [1.807, 2.05) is 11.8 Å². The lowest BCUT2D eigenvalue weighted by atomic mass is 9.69. The Balaban J connectivity index is 1.76. The molecule has 3 atom stereocenters. The van der Waals surface area contributed by atoms with Crippen molar-refractivity contribution < 1.29 is 4.79 Å².